The molecule has 1 aliphatic heterocycles. The maximum atomic E-state index is 13.0. The van der Waals surface area contributed by atoms with Gasteiger partial charge in [-0.1, -0.05) is 11.6 Å². The highest BCUT2D eigenvalue weighted by Crippen LogP contribution is 2.27. The number of hydrogen-bond acceptors (Lipinski definition) is 5. The predicted molar refractivity (Wildman–Crippen MR) is 135 cm³/mol. The van der Waals surface area contributed by atoms with Crippen LogP contribution in [-0.2, 0) is 24.3 Å². The van der Waals surface area contributed by atoms with Crippen LogP contribution in [0.3, 0.4) is 0 Å². The highest BCUT2D eigenvalue weighted by Gasteiger charge is 2.32. The van der Waals surface area contributed by atoms with Gasteiger partial charge >= 0.3 is 6.36 Å². The van der Waals surface area contributed by atoms with Crippen LogP contribution in [0.15, 0.2) is 41.3 Å². The van der Waals surface area contributed by atoms with Gasteiger partial charge in [0.2, 0.25) is 0 Å². The standard InChI is InChI=1S/C25H31ClF3N3O3S/c1-4-36(34)23-6-5-21(26)13-20(23)15-30-24(33)19-11-18(12-22(14-19)35-25(27,28)29)16-31-7-9-32(10-8-31)17(2)3/h5-6,11-14,17H,4,7-10,15-16H2,1-3H3,(H,30,33). The van der Waals surface area contributed by atoms with Crippen molar-refractivity contribution in [3.8, 4) is 5.75 Å². The van der Waals surface area contributed by atoms with Crippen molar-refractivity contribution in [3.05, 3.63) is 58.1 Å². The van der Waals surface area contributed by atoms with Crippen LogP contribution in [0.2, 0.25) is 5.02 Å². The van der Waals surface area contributed by atoms with Crippen LogP contribution >= 0.6 is 11.6 Å². The van der Waals surface area contributed by atoms with E-state index in [-0.39, 0.29) is 12.1 Å². The Morgan fingerprint density at radius 3 is 2.47 bits per heavy atom. The first-order valence-electron chi connectivity index (χ1n) is 11.8. The van der Waals surface area contributed by atoms with E-state index >= 15 is 0 Å². The van der Waals surface area contributed by atoms with Gasteiger partial charge in [0.05, 0.1) is 0 Å². The molecule has 2 aromatic carbocycles. The third-order valence-electron chi connectivity index (χ3n) is 5.97. The van der Waals surface area contributed by atoms with E-state index in [0.29, 0.717) is 39.4 Å². The molecule has 0 aromatic heterocycles. The first-order valence-corrected chi connectivity index (χ1v) is 13.5. The Kier molecular flexibility index (Phi) is 9.94. The molecular weight excluding hydrogens is 515 g/mol. The van der Waals surface area contributed by atoms with Crippen LogP contribution in [-0.4, -0.2) is 64.6 Å². The van der Waals surface area contributed by atoms with Gasteiger partial charge in [-0.2, -0.15) is 0 Å². The van der Waals surface area contributed by atoms with Crippen LogP contribution in [0.4, 0.5) is 13.2 Å². The van der Waals surface area contributed by atoms with E-state index in [1.807, 2.05) is 0 Å². The number of carbonyl (C=O) groups is 1. The Hall–Kier alpha value is -1.98. The number of hydrogen-bond donors (Lipinski definition) is 1. The molecule has 6 nitrogen and oxygen atoms in total. The fourth-order valence-electron chi connectivity index (χ4n) is 4.11. The fraction of sp³-hybridized carbons (Fsp3) is 0.480. The first kappa shape index (κ1) is 28.6. The molecule has 36 heavy (non-hydrogen) atoms. The average molecular weight is 546 g/mol. The van der Waals surface area contributed by atoms with Crippen LogP contribution in [0.1, 0.15) is 42.3 Å². The number of carbonyl (C=O) groups excluding carboxylic acids is 1. The molecule has 11 heteroatoms. The lowest BCUT2D eigenvalue weighted by molar-refractivity contribution is -0.274. The van der Waals surface area contributed by atoms with E-state index in [2.05, 4.69) is 33.7 Å². The third-order valence-corrected chi connectivity index (χ3v) is 7.62. The lowest BCUT2D eigenvalue weighted by atomic mass is 10.1. The van der Waals surface area contributed by atoms with Crippen LogP contribution in [0, 0.1) is 0 Å². The molecule has 1 amide bonds. The van der Waals surface area contributed by atoms with E-state index < -0.39 is 29.2 Å². The Morgan fingerprint density at radius 1 is 1.17 bits per heavy atom. The quantitative estimate of drug-likeness (QED) is 0.458. The molecule has 1 saturated heterocycles. The van der Waals surface area contributed by atoms with Crippen molar-refractivity contribution in [1.29, 1.82) is 0 Å². The minimum Gasteiger partial charge on any atom is -0.611 e. The lowest BCUT2D eigenvalue weighted by Crippen LogP contribution is -2.48. The normalized spacial score (nSPS) is 16.2. The number of halogens is 4. The molecule has 1 atom stereocenters. The van der Waals surface area contributed by atoms with E-state index in [1.165, 1.54) is 6.07 Å². The largest absolute Gasteiger partial charge is 0.611 e. The average Bonchev–Trinajstić information content (AvgIpc) is 2.81. The number of alkyl halides is 3. The van der Waals surface area contributed by atoms with Crippen molar-refractivity contribution in [2.24, 2.45) is 0 Å². The van der Waals surface area contributed by atoms with E-state index in [1.54, 1.807) is 31.2 Å². The van der Waals surface area contributed by atoms with Crippen molar-refractivity contribution < 1.29 is 27.3 Å². The zero-order chi connectivity index (χ0) is 26.5. The fourth-order valence-corrected chi connectivity index (χ4v) is 5.26. The second-order valence-electron chi connectivity index (χ2n) is 8.89. The number of nitrogens with one attached hydrogen (secondary N) is 1. The number of piperazine rings is 1. The molecule has 1 N–H and O–H groups in total. The minimum atomic E-state index is -4.88. The summed E-state index contributed by atoms with van der Waals surface area (Å²) >= 11 is 4.81. The first-order chi connectivity index (χ1) is 16.9. The monoisotopic (exact) mass is 545 g/mol. The lowest BCUT2D eigenvalue weighted by Gasteiger charge is -2.37. The van der Waals surface area contributed by atoms with Gasteiger partial charge in [0.1, 0.15) is 11.5 Å². The molecule has 1 fully saturated rings. The van der Waals surface area contributed by atoms with Crippen LogP contribution in [0.25, 0.3) is 0 Å². The van der Waals surface area contributed by atoms with Gasteiger partial charge < -0.3 is 14.6 Å². The van der Waals surface area contributed by atoms with Gasteiger partial charge in [-0.05, 0) is 73.9 Å². The molecule has 1 heterocycles. The summed E-state index contributed by atoms with van der Waals surface area (Å²) in [4.78, 5) is 18.0. The Labute approximate surface area is 217 Å². The molecule has 1 unspecified atom stereocenters. The molecule has 0 radical (unpaired) electrons. The maximum absolute atomic E-state index is 13.0. The summed E-state index contributed by atoms with van der Waals surface area (Å²) < 4.78 is 55.4. The molecule has 0 saturated carbocycles. The van der Waals surface area contributed by atoms with Gasteiger partial charge in [-0.3, -0.25) is 14.6 Å². The highest BCUT2D eigenvalue weighted by molar-refractivity contribution is 7.91. The second kappa shape index (κ2) is 12.5. The summed E-state index contributed by atoms with van der Waals surface area (Å²) in [7, 11) is 0. The van der Waals surface area contributed by atoms with E-state index in [0.717, 1.165) is 32.2 Å². The molecule has 0 spiro atoms. The van der Waals surface area contributed by atoms with E-state index in [4.69, 9.17) is 11.6 Å². The van der Waals surface area contributed by atoms with Crippen molar-refractivity contribution in [2.45, 2.75) is 51.2 Å². The summed E-state index contributed by atoms with van der Waals surface area (Å²) in [6.45, 7) is 9.74. The molecule has 1 aliphatic rings. The molecular formula is C25H31ClF3N3O3S. The number of nitrogens with zero attached hydrogens (tertiary/aromatic N) is 2. The Balaban J connectivity index is 1.77. The summed E-state index contributed by atoms with van der Waals surface area (Å²) in [6, 6.07) is 9.30. The van der Waals surface area contributed by atoms with Gasteiger partial charge in [-0.15, -0.1) is 13.2 Å². The number of rotatable bonds is 9. The molecule has 0 bridgehead atoms. The predicted octanol–water partition coefficient (Wildman–Crippen LogP) is 4.82. The smallest absolute Gasteiger partial charge is 0.573 e. The van der Waals surface area contributed by atoms with Crippen molar-refractivity contribution in [2.75, 3.05) is 31.9 Å². The molecule has 3 rings (SSSR count). The topological polar surface area (TPSA) is 67.9 Å². The van der Waals surface area contributed by atoms with Gasteiger partial charge in [0, 0.05) is 61.5 Å². The highest BCUT2D eigenvalue weighted by atomic mass is 35.5. The number of benzene rings is 2. The number of amides is 1. The van der Waals surface area contributed by atoms with Crippen molar-refractivity contribution >= 4 is 28.7 Å². The van der Waals surface area contributed by atoms with Gasteiger partial charge in [0.15, 0.2) is 4.90 Å². The second-order valence-corrected chi connectivity index (χ2v) is 11.0. The summed E-state index contributed by atoms with van der Waals surface area (Å²) in [5.41, 5.74) is 1.19. The van der Waals surface area contributed by atoms with E-state index in [9.17, 15) is 22.5 Å². The van der Waals surface area contributed by atoms with Crippen LogP contribution in [0.5, 0.6) is 5.75 Å². The molecule has 198 valence electrons. The minimum absolute atomic E-state index is 0.0251. The third kappa shape index (κ3) is 8.27. The van der Waals surface area contributed by atoms with Crippen molar-refractivity contribution in [3.63, 3.8) is 0 Å². The van der Waals surface area contributed by atoms with Crippen LogP contribution < -0.4 is 10.1 Å². The summed E-state index contributed by atoms with van der Waals surface area (Å²) in [5, 5.41) is 3.14. The summed E-state index contributed by atoms with van der Waals surface area (Å²) in [6.07, 6.45) is -4.88. The zero-order valence-corrected chi connectivity index (χ0v) is 22.1. The van der Waals surface area contributed by atoms with Gasteiger partial charge in [-0.25, -0.2) is 0 Å². The Bertz CT molecular complexity index is 1050. The summed E-state index contributed by atoms with van der Waals surface area (Å²) in [5.74, 6) is -0.614. The zero-order valence-electron chi connectivity index (χ0n) is 20.5. The molecule has 0 aliphatic carbocycles. The van der Waals surface area contributed by atoms with Crippen molar-refractivity contribution in [1.82, 2.24) is 15.1 Å². The van der Waals surface area contributed by atoms with Gasteiger partial charge in [0.25, 0.3) is 5.91 Å². The Morgan fingerprint density at radius 2 is 1.86 bits per heavy atom. The maximum Gasteiger partial charge on any atom is 0.573 e. The number of ether oxygens (including phenoxy) is 1. The SMILES string of the molecule is CC[S+]([O-])c1ccc(Cl)cc1CNC(=O)c1cc(CN2CCN(C(C)C)CC2)cc(OC(F)(F)F)c1. The molecule has 2 aromatic rings.